The van der Waals surface area contributed by atoms with E-state index in [-0.39, 0.29) is 5.60 Å². The molecule has 1 saturated carbocycles. The maximum Gasteiger partial charge on any atom is 0.335 e. The van der Waals surface area contributed by atoms with E-state index in [1.807, 2.05) is 13.0 Å². The van der Waals surface area contributed by atoms with Gasteiger partial charge in [-0.15, -0.1) is 0 Å². The minimum absolute atomic E-state index is 0.0815. The molecular formula is C15H20O3. The number of carbonyl (C=O) groups is 1. The Balaban J connectivity index is 2.27. The van der Waals surface area contributed by atoms with Crippen molar-refractivity contribution in [1.82, 2.24) is 0 Å². The maximum absolute atomic E-state index is 11.0. The SMILES string of the molecule is CCC1(Oc2cc(C(=O)O)ccc2C)CCCC1. The van der Waals surface area contributed by atoms with Gasteiger partial charge in [-0.05, 0) is 56.7 Å². The highest BCUT2D eigenvalue weighted by molar-refractivity contribution is 5.88. The van der Waals surface area contributed by atoms with Crippen molar-refractivity contribution in [3.8, 4) is 5.75 Å². The summed E-state index contributed by atoms with van der Waals surface area (Å²) in [5.74, 6) is -0.185. The molecule has 3 heteroatoms. The largest absolute Gasteiger partial charge is 0.487 e. The fourth-order valence-corrected chi connectivity index (χ4v) is 2.62. The van der Waals surface area contributed by atoms with Gasteiger partial charge in [-0.2, -0.15) is 0 Å². The minimum atomic E-state index is -0.906. The van der Waals surface area contributed by atoms with Crippen molar-refractivity contribution in [3.05, 3.63) is 29.3 Å². The Morgan fingerprint density at radius 1 is 1.39 bits per heavy atom. The van der Waals surface area contributed by atoms with E-state index in [9.17, 15) is 4.79 Å². The predicted octanol–water partition coefficient (Wildman–Crippen LogP) is 3.79. The molecule has 1 N–H and O–H groups in total. The van der Waals surface area contributed by atoms with Gasteiger partial charge in [0.2, 0.25) is 0 Å². The van der Waals surface area contributed by atoms with E-state index in [1.54, 1.807) is 12.1 Å². The van der Waals surface area contributed by atoms with E-state index >= 15 is 0 Å². The molecule has 1 fully saturated rings. The average Bonchev–Trinajstić information content (AvgIpc) is 2.81. The summed E-state index contributed by atoms with van der Waals surface area (Å²) in [6.45, 7) is 4.10. The lowest BCUT2D eigenvalue weighted by Gasteiger charge is -2.30. The van der Waals surface area contributed by atoms with Crippen LogP contribution in [0.1, 0.15) is 54.9 Å². The highest BCUT2D eigenvalue weighted by atomic mass is 16.5. The highest BCUT2D eigenvalue weighted by Crippen LogP contribution is 2.38. The van der Waals surface area contributed by atoms with Crippen LogP contribution in [-0.4, -0.2) is 16.7 Å². The second kappa shape index (κ2) is 5.01. The Labute approximate surface area is 108 Å². The minimum Gasteiger partial charge on any atom is -0.487 e. The molecule has 1 aliphatic rings. The standard InChI is InChI=1S/C15H20O3/c1-3-15(8-4-5-9-15)18-13-10-12(14(16)17)7-6-11(13)2/h6-7,10H,3-5,8-9H2,1-2H3,(H,16,17). The van der Waals surface area contributed by atoms with Gasteiger partial charge in [0.1, 0.15) is 11.4 Å². The Morgan fingerprint density at radius 2 is 2.06 bits per heavy atom. The molecule has 0 radical (unpaired) electrons. The molecule has 0 amide bonds. The Morgan fingerprint density at radius 3 is 2.61 bits per heavy atom. The second-order valence-corrected chi connectivity index (χ2v) is 5.13. The van der Waals surface area contributed by atoms with Crippen LogP contribution >= 0.6 is 0 Å². The number of rotatable bonds is 4. The molecule has 3 nitrogen and oxygen atoms in total. The fourth-order valence-electron chi connectivity index (χ4n) is 2.62. The van der Waals surface area contributed by atoms with Crippen molar-refractivity contribution < 1.29 is 14.6 Å². The summed E-state index contributed by atoms with van der Waals surface area (Å²) in [6, 6.07) is 5.09. The molecule has 0 aromatic heterocycles. The van der Waals surface area contributed by atoms with Gasteiger partial charge in [0.05, 0.1) is 5.56 Å². The molecule has 2 rings (SSSR count). The Kier molecular flexibility index (Phi) is 3.60. The van der Waals surface area contributed by atoms with E-state index in [2.05, 4.69) is 6.92 Å². The summed E-state index contributed by atoms with van der Waals surface area (Å²) in [6.07, 6.45) is 5.52. The lowest BCUT2D eigenvalue weighted by atomic mass is 9.98. The smallest absolute Gasteiger partial charge is 0.335 e. The lowest BCUT2D eigenvalue weighted by Crippen LogP contribution is -2.31. The molecule has 0 atom stereocenters. The fraction of sp³-hybridized carbons (Fsp3) is 0.533. The predicted molar refractivity (Wildman–Crippen MR) is 70.3 cm³/mol. The number of carboxylic acids is 1. The summed E-state index contributed by atoms with van der Waals surface area (Å²) >= 11 is 0. The zero-order valence-electron chi connectivity index (χ0n) is 11.0. The van der Waals surface area contributed by atoms with Crippen LogP contribution in [0.25, 0.3) is 0 Å². The van der Waals surface area contributed by atoms with Gasteiger partial charge in [-0.3, -0.25) is 0 Å². The first kappa shape index (κ1) is 12.9. The average molecular weight is 248 g/mol. The molecule has 0 bridgehead atoms. The van der Waals surface area contributed by atoms with Gasteiger partial charge >= 0.3 is 5.97 Å². The first-order chi connectivity index (χ1) is 8.56. The molecule has 1 aliphatic carbocycles. The van der Waals surface area contributed by atoms with Crippen LogP contribution in [0.5, 0.6) is 5.75 Å². The number of hydrogen-bond donors (Lipinski definition) is 1. The van der Waals surface area contributed by atoms with E-state index < -0.39 is 5.97 Å². The van der Waals surface area contributed by atoms with Crippen molar-refractivity contribution in [2.24, 2.45) is 0 Å². The van der Waals surface area contributed by atoms with Gasteiger partial charge < -0.3 is 9.84 Å². The van der Waals surface area contributed by atoms with Crippen LogP contribution in [0.15, 0.2) is 18.2 Å². The third kappa shape index (κ3) is 2.50. The molecule has 98 valence electrons. The molecule has 1 aromatic carbocycles. The molecule has 0 unspecified atom stereocenters. The lowest BCUT2D eigenvalue weighted by molar-refractivity contribution is 0.0669. The molecular weight excluding hydrogens is 228 g/mol. The third-order valence-electron chi connectivity index (χ3n) is 3.92. The van der Waals surface area contributed by atoms with Crippen molar-refractivity contribution in [1.29, 1.82) is 0 Å². The van der Waals surface area contributed by atoms with Crippen LogP contribution in [-0.2, 0) is 0 Å². The monoisotopic (exact) mass is 248 g/mol. The van der Waals surface area contributed by atoms with E-state index in [0.717, 1.165) is 30.6 Å². The number of hydrogen-bond acceptors (Lipinski definition) is 2. The summed E-state index contributed by atoms with van der Waals surface area (Å²) in [5, 5.41) is 9.03. The van der Waals surface area contributed by atoms with Gasteiger partial charge in [0.25, 0.3) is 0 Å². The summed E-state index contributed by atoms with van der Waals surface area (Å²) in [7, 11) is 0. The number of carboxylic acid groups (broad SMARTS) is 1. The van der Waals surface area contributed by atoms with Crippen LogP contribution in [0, 0.1) is 6.92 Å². The molecule has 0 heterocycles. The number of aromatic carboxylic acids is 1. The molecule has 1 aromatic rings. The van der Waals surface area contributed by atoms with Crippen LogP contribution in [0.2, 0.25) is 0 Å². The topological polar surface area (TPSA) is 46.5 Å². The normalized spacial score (nSPS) is 17.7. The number of ether oxygens (including phenoxy) is 1. The molecule has 0 aliphatic heterocycles. The van der Waals surface area contributed by atoms with Gasteiger partial charge in [-0.1, -0.05) is 13.0 Å². The summed E-state index contributed by atoms with van der Waals surface area (Å²) < 4.78 is 6.17. The maximum atomic E-state index is 11.0. The van der Waals surface area contributed by atoms with Gasteiger partial charge in [0, 0.05) is 0 Å². The van der Waals surface area contributed by atoms with Crippen molar-refractivity contribution in [2.75, 3.05) is 0 Å². The van der Waals surface area contributed by atoms with Gasteiger partial charge in [0.15, 0.2) is 0 Å². The van der Waals surface area contributed by atoms with E-state index in [1.165, 1.54) is 12.8 Å². The number of benzene rings is 1. The van der Waals surface area contributed by atoms with Crippen LogP contribution < -0.4 is 4.74 Å². The summed E-state index contributed by atoms with van der Waals surface area (Å²) in [4.78, 5) is 11.0. The van der Waals surface area contributed by atoms with Crippen molar-refractivity contribution in [2.45, 2.75) is 51.6 Å². The third-order valence-corrected chi connectivity index (χ3v) is 3.92. The van der Waals surface area contributed by atoms with E-state index in [4.69, 9.17) is 9.84 Å². The zero-order valence-corrected chi connectivity index (χ0v) is 11.0. The first-order valence-electron chi connectivity index (χ1n) is 6.59. The van der Waals surface area contributed by atoms with Crippen molar-refractivity contribution >= 4 is 5.97 Å². The highest BCUT2D eigenvalue weighted by Gasteiger charge is 2.34. The first-order valence-corrected chi connectivity index (χ1v) is 6.59. The summed E-state index contributed by atoms with van der Waals surface area (Å²) in [5.41, 5.74) is 1.21. The van der Waals surface area contributed by atoms with Gasteiger partial charge in [-0.25, -0.2) is 4.79 Å². The Bertz CT molecular complexity index is 445. The van der Waals surface area contributed by atoms with Crippen LogP contribution in [0.4, 0.5) is 0 Å². The molecule has 0 spiro atoms. The molecule has 18 heavy (non-hydrogen) atoms. The molecule has 0 saturated heterocycles. The van der Waals surface area contributed by atoms with E-state index in [0.29, 0.717) is 5.56 Å². The van der Waals surface area contributed by atoms with Crippen LogP contribution in [0.3, 0.4) is 0 Å². The number of aryl methyl sites for hydroxylation is 1. The Hall–Kier alpha value is -1.51. The zero-order chi connectivity index (χ0) is 13.2. The second-order valence-electron chi connectivity index (χ2n) is 5.13. The van der Waals surface area contributed by atoms with Crippen molar-refractivity contribution in [3.63, 3.8) is 0 Å². The quantitative estimate of drug-likeness (QED) is 0.881.